The minimum atomic E-state index is -1.58. The van der Waals surface area contributed by atoms with E-state index in [1.54, 1.807) is 30.0 Å². The Morgan fingerprint density at radius 2 is 1.84 bits per heavy atom. The van der Waals surface area contributed by atoms with Crippen molar-refractivity contribution in [2.45, 2.75) is 57.6 Å². The zero-order chi connectivity index (χ0) is 32.8. The van der Waals surface area contributed by atoms with Gasteiger partial charge in [0.15, 0.2) is 11.9 Å². The Morgan fingerprint density at radius 3 is 2.44 bits per heavy atom. The van der Waals surface area contributed by atoms with Crippen LogP contribution in [0, 0.1) is 6.92 Å². The molecule has 3 heterocycles. The van der Waals surface area contributed by atoms with Gasteiger partial charge in [-0.15, -0.1) is 0 Å². The van der Waals surface area contributed by atoms with Crippen molar-refractivity contribution < 1.29 is 53.1 Å². The smallest absolute Gasteiger partial charge is 0.339 e. The van der Waals surface area contributed by atoms with Gasteiger partial charge in [0.2, 0.25) is 6.10 Å². The largest absolute Gasteiger partial charge is 0.513 e. The summed E-state index contributed by atoms with van der Waals surface area (Å²) in [5.74, 6) is -3.95. The lowest BCUT2D eigenvalue weighted by atomic mass is 9.99. The molecule has 4 N–H and O–H groups in total. The zero-order valence-corrected chi connectivity index (χ0v) is 25.2. The molecule has 45 heavy (non-hydrogen) atoms. The van der Waals surface area contributed by atoms with Crippen molar-refractivity contribution in [3.8, 4) is 5.75 Å². The standard InChI is InChI=1S/C31H33N3O11/c1-14-7-6-8-18-19(14)9-17(42-5)10-20(18)30(41)45-27(31(4)13-43-31)29(40)33-23(28(39)32-21(12-35)15(2)36)24-26(44-16(3)37)25(38)22-11-34(22)24/h6-10,12,22,25-27,35,38H,11,13H2,1-5H3,(H,32,39)(H,33,40)/b21-12-,24-23+/t22-,25+,26+,27-,31+,34?/m0/s1. The van der Waals surface area contributed by atoms with Crippen molar-refractivity contribution >= 4 is 40.3 Å². The highest BCUT2D eigenvalue weighted by Crippen LogP contribution is 2.42. The molecule has 0 bridgehead atoms. The first-order valence-corrected chi connectivity index (χ1v) is 14.1. The van der Waals surface area contributed by atoms with Crippen molar-refractivity contribution in [3.63, 3.8) is 0 Å². The van der Waals surface area contributed by atoms with E-state index in [-0.39, 0.29) is 24.4 Å². The van der Waals surface area contributed by atoms with Crippen molar-refractivity contribution in [2.75, 3.05) is 20.3 Å². The van der Waals surface area contributed by atoms with Crippen LogP contribution in [0.25, 0.3) is 10.8 Å². The summed E-state index contributed by atoms with van der Waals surface area (Å²) in [4.78, 5) is 66.4. The molecule has 3 aliphatic heterocycles. The molecule has 5 rings (SSSR count). The number of esters is 2. The molecule has 238 valence electrons. The summed E-state index contributed by atoms with van der Waals surface area (Å²) in [5.41, 5.74) is -1.25. The second kappa shape index (κ2) is 11.9. The third-order valence-corrected chi connectivity index (χ3v) is 7.98. The number of epoxide rings is 1. The van der Waals surface area contributed by atoms with Crippen molar-refractivity contribution in [1.29, 1.82) is 0 Å². The third kappa shape index (κ3) is 6.06. The third-order valence-electron chi connectivity index (χ3n) is 7.98. The van der Waals surface area contributed by atoms with Crippen LogP contribution in [-0.2, 0) is 33.4 Å². The Labute approximate surface area is 257 Å². The van der Waals surface area contributed by atoms with Gasteiger partial charge in [-0.3, -0.25) is 19.2 Å². The Balaban J connectivity index is 1.51. The second-order valence-corrected chi connectivity index (χ2v) is 11.3. The van der Waals surface area contributed by atoms with Crippen LogP contribution in [0.1, 0.15) is 36.7 Å². The van der Waals surface area contributed by atoms with E-state index in [4.69, 9.17) is 18.9 Å². The molecule has 0 aromatic heterocycles. The number of aryl methyl sites for hydroxylation is 1. The number of aliphatic hydroxyl groups excluding tert-OH is 2. The number of fused-ring (bicyclic) bond motifs is 2. The molecule has 0 saturated carbocycles. The number of rotatable bonds is 10. The summed E-state index contributed by atoms with van der Waals surface area (Å²) < 4.78 is 21.9. The monoisotopic (exact) mass is 623 g/mol. The van der Waals surface area contributed by atoms with E-state index in [1.165, 1.54) is 13.2 Å². The van der Waals surface area contributed by atoms with Crippen LogP contribution in [0.15, 0.2) is 53.7 Å². The maximum Gasteiger partial charge on any atom is 0.339 e. The summed E-state index contributed by atoms with van der Waals surface area (Å²) in [5, 5.41) is 26.2. The summed E-state index contributed by atoms with van der Waals surface area (Å²) in [7, 11) is 1.46. The molecule has 0 radical (unpaired) electrons. The number of allylic oxidation sites excluding steroid dienone is 1. The Kier molecular flexibility index (Phi) is 8.29. The topological polar surface area (TPSA) is 193 Å². The maximum atomic E-state index is 13.9. The van der Waals surface area contributed by atoms with E-state index in [0.29, 0.717) is 17.4 Å². The fraction of sp³-hybridized carbons (Fsp3) is 0.387. The van der Waals surface area contributed by atoms with E-state index in [2.05, 4.69) is 10.6 Å². The summed E-state index contributed by atoms with van der Waals surface area (Å²) in [6.07, 6.45) is -3.74. The minimum Gasteiger partial charge on any atom is -0.513 e. The number of nitrogens with one attached hydrogen (secondary N) is 2. The van der Waals surface area contributed by atoms with Gasteiger partial charge in [0, 0.05) is 20.4 Å². The van der Waals surface area contributed by atoms with Crippen molar-refractivity contribution in [3.05, 3.63) is 64.8 Å². The number of ketones is 1. The number of hydrogen-bond acceptors (Lipinski definition) is 12. The van der Waals surface area contributed by atoms with Crippen LogP contribution < -0.4 is 15.4 Å². The average Bonchev–Trinajstić information content (AvgIpc) is 3.92. The molecule has 3 saturated heterocycles. The number of aliphatic hydroxyl groups is 2. The van der Waals surface area contributed by atoms with Crippen molar-refractivity contribution in [2.24, 2.45) is 0 Å². The van der Waals surface area contributed by atoms with E-state index in [9.17, 15) is 34.2 Å². The number of nitrogens with zero attached hydrogens (tertiary/aromatic N) is 1. The lowest BCUT2D eigenvalue weighted by molar-refractivity contribution is -0.148. The number of carbonyl (C=O) groups is 5. The fourth-order valence-corrected chi connectivity index (χ4v) is 5.35. The Bertz CT molecular complexity index is 1680. The average molecular weight is 624 g/mol. The van der Waals surface area contributed by atoms with Crippen LogP contribution in [0.2, 0.25) is 0 Å². The molecule has 2 aromatic rings. The Morgan fingerprint density at radius 1 is 1.13 bits per heavy atom. The molecule has 3 fully saturated rings. The molecular formula is C31H33N3O11. The molecule has 0 unspecified atom stereocenters. The number of ether oxygens (including phenoxy) is 4. The summed E-state index contributed by atoms with van der Waals surface area (Å²) in [6.45, 7) is 5.99. The van der Waals surface area contributed by atoms with Gasteiger partial charge < -0.3 is 44.7 Å². The molecule has 14 nitrogen and oxygen atoms in total. The molecule has 14 heteroatoms. The normalized spacial score (nSPS) is 25.1. The number of hydrogen-bond donors (Lipinski definition) is 4. The summed E-state index contributed by atoms with van der Waals surface area (Å²) >= 11 is 0. The van der Waals surface area contributed by atoms with Crippen molar-refractivity contribution in [1.82, 2.24) is 15.5 Å². The predicted octanol–water partition coefficient (Wildman–Crippen LogP) is 0.894. The SMILES string of the molecule is COc1cc(C(=O)O[C@@H](C(=O)N/C(C(=O)N/C(=C\O)C(C)=O)=C2\[C@@H](OC(C)=O)[C@H](O)[C@@H]3CN23)[C@@]2(C)CO2)c2cccc(C)c2c1. The quantitative estimate of drug-likeness (QED) is 0.127. The minimum absolute atomic E-state index is 0.0319. The molecule has 2 amide bonds. The number of benzene rings is 2. The molecule has 5 atom stereocenters. The number of methoxy groups -OCH3 is 1. The van der Waals surface area contributed by atoms with Gasteiger partial charge in [-0.2, -0.15) is 0 Å². The van der Waals surface area contributed by atoms with Gasteiger partial charge in [0.1, 0.15) is 35.1 Å². The van der Waals surface area contributed by atoms with Gasteiger partial charge in [0.05, 0.1) is 31.0 Å². The second-order valence-electron chi connectivity index (χ2n) is 11.3. The first kappa shape index (κ1) is 31.5. The highest BCUT2D eigenvalue weighted by atomic mass is 16.6. The van der Waals surface area contributed by atoms with Crippen LogP contribution in [0.4, 0.5) is 0 Å². The lowest BCUT2D eigenvalue weighted by Crippen LogP contribution is -2.49. The van der Waals surface area contributed by atoms with E-state index >= 15 is 0 Å². The van der Waals surface area contributed by atoms with E-state index < -0.39 is 70.9 Å². The van der Waals surface area contributed by atoms with Gasteiger partial charge in [-0.1, -0.05) is 18.2 Å². The predicted molar refractivity (Wildman–Crippen MR) is 156 cm³/mol. The molecule has 0 aliphatic carbocycles. The number of piperidine rings is 1. The number of carbonyl (C=O) groups excluding carboxylic acids is 5. The van der Waals surface area contributed by atoms with E-state index in [0.717, 1.165) is 24.8 Å². The van der Waals surface area contributed by atoms with E-state index in [1.807, 2.05) is 13.0 Å². The fourth-order valence-electron chi connectivity index (χ4n) is 5.35. The van der Waals surface area contributed by atoms with Crippen LogP contribution in [0.3, 0.4) is 0 Å². The molecule has 3 aliphatic rings. The first-order chi connectivity index (χ1) is 21.3. The van der Waals surface area contributed by atoms with Gasteiger partial charge >= 0.3 is 11.9 Å². The molecule has 0 spiro atoms. The van der Waals surface area contributed by atoms with Crippen LogP contribution >= 0.6 is 0 Å². The highest BCUT2D eigenvalue weighted by molar-refractivity contribution is 6.08. The highest BCUT2D eigenvalue weighted by Gasteiger charge is 2.59. The molecule has 2 aromatic carbocycles. The van der Waals surface area contributed by atoms with Crippen LogP contribution in [-0.4, -0.2) is 94.9 Å². The summed E-state index contributed by atoms with van der Waals surface area (Å²) in [6, 6.07) is 8.16. The number of amides is 2. The van der Waals surface area contributed by atoms with Crippen LogP contribution in [0.5, 0.6) is 5.75 Å². The first-order valence-electron chi connectivity index (χ1n) is 14.1. The zero-order valence-electron chi connectivity index (χ0n) is 25.2. The van der Waals surface area contributed by atoms with Gasteiger partial charge in [-0.25, -0.2) is 4.79 Å². The maximum absolute atomic E-state index is 13.9. The Hall–Kier alpha value is -4.95. The van der Waals surface area contributed by atoms with Gasteiger partial charge in [0.25, 0.3) is 11.8 Å². The lowest BCUT2D eigenvalue weighted by Gasteiger charge is -2.25. The molecular weight excluding hydrogens is 590 g/mol. The van der Waals surface area contributed by atoms with Gasteiger partial charge in [-0.05, 0) is 42.3 Å². The number of Topliss-reactive ketones (excluding diaryl/α,β-unsaturated/α-hetero) is 1.